The van der Waals surface area contributed by atoms with Crippen molar-refractivity contribution in [3.63, 3.8) is 0 Å². The van der Waals surface area contributed by atoms with E-state index in [1.807, 2.05) is 6.92 Å². The predicted octanol–water partition coefficient (Wildman–Crippen LogP) is 1.65. The molecule has 7 nitrogen and oxygen atoms in total. The van der Waals surface area contributed by atoms with Crippen LogP contribution in [0.25, 0.3) is 0 Å². The zero-order chi connectivity index (χ0) is 16.2. The van der Waals surface area contributed by atoms with E-state index in [4.69, 9.17) is 0 Å². The summed E-state index contributed by atoms with van der Waals surface area (Å²) >= 11 is 2.95. The van der Waals surface area contributed by atoms with Crippen LogP contribution in [0, 0.1) is 5.92 Å². The lowest BCUT2D eigenvalue weighted by Gasteiger charge is -2.29. The second-order valence-corrected chi connectivity index (χ2v) is 9.62. The van der Waals surface area contributed by atoms with Crippen molar-refractivity contribution in [3.05, 3.63) is 0 Å². The summed E-state index contributed by atoms with van der Waals surface area (Å²) < 4.78 is 25.9. The number of anilines is 1. The largest absolute Gasteiger partial charge is 0.300 e. The van der Waals surface area contributed by atoms with Crippen LogP contribution in [0.4, 0.5) is 5.13 Å². The Hall–Kier alpha value is -0.710. The van der Waals surface area contributed by atoms with Gasteiger partial charge in [-0.1, -0.05) is 30.0 Å². The van der Waals surface area contributed by atoms with Crippen LogP contribution in [0.3, 0.4) is 0 Å². The third-order valence-electron chi connectivity index (χ3n) is 3.49. The zero-order valence-electron chi connectivity index (χ0n) is 12.6. The molecule has 0 aliphatic carbocycles. The van der Waals surface area contributed by atoms with E-state index in [1.165, 1.54) is 15.6 Å². The van der Waals surface area contributed by atoms with Crippen LogP contribution in [0.2, 0.25) is 0 Å². The number of hydrogen-bond acceptors (Lipinski definition) is 7. The van der Waals surface area contributed by atoms with Crippen LogP contribution in [0.15, 0.2) is 4.34 Å². The maximum absolute atomic E-state index is 12.2. The van der Waals surface area contributed by atoms with Gasteiger partial charge in [0.05, 0.1) is 5.75 Å². The molecule has 22 heavy (non-hydrogen) atoms. The molecule has 2 rings (SSSR count). The molecular formula is C12H20N4O3S3. The molecule has 0 aromatic carbocycles. The lowest BCUT2D eigenvalue weighted by atomic mass is 9.97. The molecule has 0 bridgehead atoms. The molecule has 0 unspecified atom stereocenters. The molecule has 124 valence electrons. The normalized spacial score (nSPS) is 17.5. The van der Waals surface area contributed by atoms with Crippen molar-refractivity contribution in [3.8, 4) is 0 Å². The third-order valence-corrected chi connectivity index (χ3v) is 7.22. The number of rotatable bonds is 6. The van der Waals surface area contributed by atoms with E-state index >= 15 is 0 Å². The summed E-state index contributed by atoms with van der Waals surface area (Å²) in [6.45, 7) is 4.47. The number of thioether (sulfide) groups is 1. The van der Waals surface area contributed by atoms with E-state index in [-0.39, 0.29) is 17.6 Å². The summed E-state index contributed by atoms with van der Waals surface area (Å²) in [7, 11) is -3.15. The Morgan fingerprint density at radius 3 is 2.64 bits per heavy atom. The lowest BCUT2D eigenvalue weighted by molar-refractivity contribution is -0.120. The van der Waals surface area contributed by atoms with Crippen LogP contribution in [-0.2, 0) is 14.8 Å². The van der Waals surface area contributed by atoms with Gasteiger partial charge in [-0.15, -0.1) is 10.2 Å². The van der Waals surface area contributed by atoms with Gasteiger partial charge in [0.1, 0.15) is 0 Å². The number of amides is 1. The van der Waals surface area contributed by atoms with Gasteiger partial charge in [0.2, 0.25) is 21.1 Å². The molecule has 0 saturated carbocycles. The van der Waals surface area contributed by atoms with Gasteiger partial charge in [0, 0.05) is 19.0 Å². The molecule has 1 amide bonds. The van der Waals surface area contributed by atoms with E-state index in [9.17, 15) is 13.2 Å². The summed E-state index contributed by atoms with van der Waals surface area (Å²) in [5, 5.41) is 11.2. The van der Waals surface area contributed by atoms with Gasteiger partial charge in [-0.2, -0.15) is 0 Å². The van der Waals surface area contributed by atoms with E-state index in [0.29, 0.717) is 31.1 Å². The second kappa shape index (κ2) is 7.71. The van der Waals surface area contributed by atoms with Crippen molar-refractivity contribution in [1.29, 1.82) is 0 Å². The van der Waals surface area contributed by atoms with Crippen LogP contribution in [-0.4, -0.2) is 53.4 Å². The molecule has 1 fully saturated rings. The number of piperidine rings is 1. The number of nitrogens with one attached hydrogen (secondary N) is 1. The number of carbonyl (C=O) groups is 1. The van der Waals surface area contributed by atoms with E-state index in [2.05, 4.69) is 15.5 Å². The predicted molar refractivity (Wildman–Crippen MR) is 88.7 cm³/mol. The number of nitrogens with zero attached hydrogens (tertiary/aromatic N) is 3. The number of hydrogen-bond donors (Lipinski definition) is 1. The van der Waals surface area contributed by atoms with Gasteiger partial charge in [-0.05, 0) is 25.5 Å². The Morgan fingerprint density at radius 1 is 1.36 bits per heavy atom. The third kappa shape index (κ3) is 4.40. The first-order valence-corrected chi connectivity index (χ1v) is 10.6. The Labute approximate surface area is 138 Å². The number of aromatic nitrogens is 2. The van der Waals surface area contributed by atoms with Crippen molar-refractivity contribution in [2.45, 2.75) is 31.0 Å². The molecule has 1 aliphatic heterocycles. The van der Waals surface area contributed by atoms with Crippen LogP contribution >= 0.6 is 23.1 Å². The van der Waals surface area contributed by atoms with Crippen LogP contribution < -0.4 is 5.32 Å². The smallest absolute Gasteiger partial charge is 0.229 e. The first-order chi connectivity index (χ1) is 10.5. The molecular weight excluding hydrogens is 344 g/mol. The minimum absolute atomic E-state index is 0.0993. The quantitative estimate of drug-likeness (QED) is 0.609. The molecule has 0 spiro atoms. The monoisotopic (exact) mass is 364 g/mol. The van der Waals surface area contributed by atoms with Gasteiger partial charge in [-0.3, -0.25) is 4.79 Å². The minimum atomic E-state index is -3.15. The molecule has 10 heteroatoms. The zero-order valence-corrected chi connectivity index (χ0v) is 15.1. The van der Waals surface area contributed by atoms with Gasteiger partial charge < -0.3 is 5.32 Å². The SMILES string of the molecule is CCSc1nnc(NC(=O)C2CCN(S(=O)(=O)CC)CC2)s1. The standard InChI is InChI=1S/C12H20N4O3S3/c1-3-20-12-15-14-11(21-12)13-10(17)9-5-7-16(8-6-9)22(18,19)4-2/h9H,3-8H2,1-2H3,(H,13,14,17). The highest BCUT2D eigenvalue weighted by molar-refractivity contribution is 8.01. The summed E-state index contributed by atoms with van der Waals surface area (Å²) in [4.78, 5) is 12.2. The van der Waals surface area contributed by atoms with Crippen molar-refractivity contribution < 1.29 is 13.2 Å². The summed E-state index contributed by atoms with van der Waals surface area (Å²) in [6, 6.07) is 0. The fourth-order valence-corrected chi connectivity index (χ4v) is 5.01. The average Bonchev–Trinajstić information content (AvgIpc) is 2.95. The van der Waals surface area contributed by atoms with E-state index < -0.39 is 10.0 Å². The first kappa shape index (κ1) is 17.6. The maximum Gasteiger partial charge on any atom is 0.229 e. The first-order valence-electron chi connectivity index (χ1n) is 7.21. The number of carbonyl (C=O) groups excluding carboxylic acids is 1. The van der Waals surface area contributed by atoms with Crippen molar-refractivity contribution in [2.24, 2.45) is 5.92 Å². The minimum Gasteiger partial charge on any atom is -0.300 e. The van der Waals surface area contributed by atoms with E-state index in [1.54, 1.807) is 18.7 Å². The Balaban J connectivity index is 1.87. The molecule has 1 saturated heterocycles. The topological polar surface area (TPSA) is 92.3 Å². The summed E-state index contributed by atoms with van der Waals surface area (Å²) in [5.41, 5.74) is 0. The Morgan fingerprint density at radius 2 is 2.05 bits per heavy atom. The van der Waals surface area contributed by atoms with Gasteiger partial charge in [0.15, 0.2) is 4.34 Å². The van der Waals surface area contributed by atoms with Crippen LogP contribution in [0.1, 0.15) is 26.7 Å². The summed E-state index contributed by atoms with van der Waals surface area (Å²) in [6.07, 6.45) is 1.08. The number of sulfonamides is 1. The molecule has 1 aromatic rings. The fourth-order valence-electron chi connectivity index (χ4n) is 2.23. The molecule has 0 radical (unpaired) electrons. The maximum atomic E-state index is 12.2. The highest BCUT2D eigenvalue weighted by atomic mass is 32.2. The molecule has 1 aliphatic rings. The van der Waals surface area contributed by atoms with Gasteiger partial charge >= 0.3 is 0 Å². The summed E-state index contributed by atoms with van der Waals surface area (Å²) in [5.74, 6) is 0.742. The highest BCUT2D eigenvalue weighted by Crippen LogP contribution is 2.26. The van der Waals surface area contributed by atoms with Gasteiger partial charge in [-0.25, -0.2) is 12.7 Å². The van der Waals surface area contributed by atoms with E-state index in [0.717, 1.165) is 10.1 Å². The lowest BCUT2D eigenvalue weighted by Crippen LogP contribution is -2.42. The average molecular weight is 365 g/mol. The highest BCUT2D eigenvalue weighted by Gasteiger charge is 2.30. The molecule has 1 aromatic heterocycles. The molecule has 2 heterocycles. The Kier molecular flexibility index (Phi) is 6.18. The van der Waals surface area contributed by atoms with Crippen molar-refractivity contribution in [2.75, 3.05) is 29.9 Å². The fraction of sp³-hybridized carbons (Fsp3) is 0.750. The second-order valence-electron chi connectivity index (χ2n) is 4.87. The molecule has 0 atom stereocenters. The molecule has 1 N–H and O–H groups in total. The Bertz CT molecular complexity index is 609. The van der Waals surface area contributed by atoms with Crippen molar-refractivity contribution in [1.82, 2.24) is 14.5 Å². The van der Waals surface area contributed by atoms with Crippen LogP contribution in [0.5, 0.6) is 0 Å². The van der Waals surface area contributed by atoms with Gasteiger partial charge in [0.25, 0.3) is 0 Å². The van der Waals surface area contributed by atoms with Crippen molar-refractivity contribution >= 4 is 44.2 Å².